The second-order valence-electron chi connectivity index (χ2n) is 6.22. The van der Waals surface area contributed by atoms with E-state index in [1.54, 1.807) is 9.80 Å². The van der Waals surface area contributed by atoms with Crippen LogP contribution in [0.1, 0.15) is 12.8 Å². The predicted octanol–water partition coefficient (Wildman–Crippen LogP) is 0.837. The molecule has 0 saturated carbocycles. The minimum atomic E-state index is -0.477. The number of amides is 2. The number of rotatable bonds is 5. The van der Waals surface area contributed by atoms with Gasteiger partial charge in [0.15, 0.2) is 0 Å². The van der Waals surface area contributed by atoms with Crippen LogP contribution in [-0.2, 0) is 9.53 Å². The highest BCUT2D eigenvalue weighted by molar-refractivity contribution is 5.78. The number of likely N-dealkylation sites (tertiary alicyclic amines) is 1. The van der Waals surface area contributed by atoms with Crippen molar-refractivity contribution < 1.29 is 19.1 Å². The highest BCUT2D eigenvalue weighted by atomic mass is 16.6. The molecule has 0 radical (unpaired) electrons. The number of benzene rings is 1. The summed E-state index contributed by atoms with van der Waals surface area (Å²) in [6.07, 6.45) is 1.01. The molecule has 0 bridgehead atoms. The molecule has 2 aliphatic rings. The molecule has 2 aliphatic heterocycles. The van der Waals surface area contributed by atoms with Crippen LogP contribution in [0.15, 0.2) is 30.3 Å². The Bertz CT molecular complexity index is 585. The second-order valence-corrected chi connectivity index (χ2v) is 6.22. The highest BCUT2D eigenvalue weighted by Crippen LogP contribution is 2.33. The van der Waals surface area contributed by atoms with Crippen LogP contribution in [0.2, 0.25) is 0 Å². The number of carbonyl (C=O) groups is 2. The van der Waals surface area contributed by atoms with Crippen molar-refractivity contribution in [1.82, 2.24) is 9.80 Å². The van der Waals surface area contributed by atoms with Crippen molar-refractivity contribution in [3.8, 4) is 5.75 Å². The molecular formula is C17H23N3O4. The summed E-state index contributed by atoms with van der Waals surface area (Å²) in [7, 11) is 0. The van der Waals surface area contributed by atoms with E-state index in [2.05, 4.69) is 0 Å². The standard InChI is InChI=1S/C17H23N3O4/c18-12-15(21)19-8-6-17(7-9-19)13-20(16(22)24-17)10-11-23-14-4-2-1-3-5-14/h1-5H,6-13,18H2. The SMILES string of the molecule is NCC(=O)N1CCC2(CC1)CN(CCOc1ccccc1)C(=O)O2. The summed E-state index contributed by atoms with van der Waals surface area (Å²) in [5.74, 6) is 0.732. The van der Waals surface area contributed by atoms with Gasteiger partial charge in [0.05, 0.1) is 19.6 Å². The molecule has 2 N–H and O–H groups in total. The maximum atomic E-state index is 12.1. The fourth-order valence-electron chi connectivity index (χ4n) is 3.21. The quantitative estimate of drug-likeness (QED) is 0.863. The minimum Gasteiger partial charge on any atom is -0.492 e. The molecule has 0 aliphatic carbocycles. The van der Waals surface area contributed by atoms with Crippen LogP contribution in [0, 0.1) is 0 Å². The zero-order valence-corrected chi connectivity index (χ0v) is 13.6. The molecule has 7 nitrogen and oxygen atoms in total. The minimum absolute atomic E-state index is 0.0235. The Morgan fingerprint density at radius 1 is 1.25 bits per heavy atom. The van der Waals surface area contributed by atoms with Crippen LogP contribution in [0.5, 0.6) is 5.75 Å². The predicted molar refractivity (Wildman–Crippen MR) is 87.6 cm³/mol. The summed E-state index contributed by atoms with van der Waals surface area (Å²) < 4.78 is 11.3. The van der Waals surface area contributed by atoms with Gasteiger partial charge in [0.25, 0.3) is 0 Å². The molecule has 2 amide bonds. The molecule has 0 atom stereocenters. The van der Waals surface area contributed by atoms with Crippen molar-refractivity contribution in [2.75, 3.05) is 39.3 Å². The van der Waals surface area contributed by atoms with Gasteiger partial charge < -0.3 is 25.0 Å². The lowest BCUT2D eigenvalue weighted by Crippen LogP contribution is -2.50. The zero-order valence-electron chi connectivity index (χ0n) is 13.6. The summed E-state index contributed by atoms with van der Waals surface area (Å²) >= 11 is 0. The molecule has 1 aromatic rings. The van der Waals surface area contributed by atoms with Crippen LogP contribution >= 0.6 is 0 Å². The summed E-state index contributed by atoms with van der Waals surface area (Å²) in [5, 5.41) is 0. The number of hydrogen-bond acceptors (Lipinski definition) is 5. The molecule has 2 heterocycles. The van der Waals surface area contributed by atoms with Gasteiger partial charge in [-0.3, -0.25) is 4.79 Å². The third kappa shape index (κ3) is 3.62. The van der Waals surface area contributed by atoms with Crippen molar-refractivity contribution in [2.45, 2.75) is 18.4 Å². The van der Waals surface area contributed by atoms with E-state index in [1.807, 2.05) is 30.3 Å². The second kappa shape index (κ2) is 7.09. The molecule has 0 unspecified atom stereocenters. The van der Waals surface area contributed by atoms with Crippen LogP contribution in [0.3, 0.4) is 0 Å². The van der Waals surface area contributed by atoms with Crippen LogP contribution in [0.4, 0.5) is 4.79 Å². The summed E-state index contributed by atoms with van der Waals surface area (Å²) in [4.78, 5) is 27.2. The summed E-state index contributed by atoms with van der Waals surface area (Å²) in [6, 6.07) is 9.51. The first-order valence-corrected chi connectivity index (χ1v) is 8.25. The lowest BCUT2D eigenvalue weighted by molar-refractivity contribution is -0.133. The number of carbonyl (C=O) groups excluding carboxylic acids is 2. The van der Waals surface area contributed by atoms with Crippen molar-refractivity contribution in [3.63, 3.8) is 0 Å². The van der Waals surface area contributed by atoms with Gasteiger partial charge in [-0.1, -0.05) is 18.2 Å². The van der Waals surface area contributed by atoms with Crippen LogP contribution in [0.25, 0.3) is 0 Å². The number of nitrogens with zero attached hydrogens (tertiary/aromatic N) is 2. The third-order valence-electron chi connectivity index (χ3n) is 4.62. The maximum absolute atomic E-state index is 12.1. The largest absolute Gasteiger partial charge is 0.492 e. The van der Waals surface area contributed by atoms with Gasteiger partial charge in [0, 0.05) is 25.9 Å². The topological polar surface area (TPSA) is 85.1 Å². The van der Waals surface area contributed by atoms with Crippen molar-refractivity contribution >= 4 is 12.0 Å². The number of para-hydroxylation sites is 1. The molecule has 1 aromatic carbocycles. The van der Waals surface area contributed by atoms with Gasteiger partial charge in [-0.15, -0.1) is 0 Å². The van der Waals surface area contributed by atoms with E-state index in [-0.39, 0.29) is 18.5 Å². The zero-order chi connectivity index (χ0) is 17.0. The van der Waals surface area contributed by atoms with E-state index < -0.39 is 5.60 Å². The van der Waals surface area contributed by atoms with E-state index >= 15 is 0 Å². The fourth-order valence-corrected chi connectivity index (χ4v) is 3.21. The Balaban J connectivity index is 1.48. The van der Waals surface area contributed by atoms with E-state index in [4.69, 9.17) is 15.2 Å². The molecule has 3 rings (SSSR count). The van der Waals surface area contributed by atoms with Gasteiger partial charge in [0.1, 0.15) is 18.0 Å². The van der Waals surface area contributed by atoms with Crippen molar-refractivity contribution in [3.05, 3.63) is 30.3 Å². The number of nitrogens with two attached hydrogens (primary N) is 1. The van der Waals surface area contributed by atoms with E-state index in [1.165, 1.54) is 0 Å². The number of piperidine rings is 1. The number of ether oxygens (including phenoxy) is 2. The Hall–Kier alpha value is -2.28. The first-order chi connectivity index (χ1) is 11.6. The van der Waals surface area contributed by atoms with Gasteiger partial charge in [-0.2, -0.15) is 0 Å². The number of hydrogen-bond donors (Lipinski definition) is 1. The van der Waals surface area contributed by atoms with Crippen molar-refractivity contribution in [1.29, 1.82) is 0 Å². The molecule has 0 aromatic heterocycles. The van der Waals surface area contributed by atoms with Gasteiger partial charge in [-0.25, -0.2) is 4.79 Å². The molecular weight excluding hydrogens is 310 g/mol. The summed E-state index contributed by atoms with van der Waals surface area (Å²) in [5.41, 5.74) is 4.92. The molecule has 2 fully saturated rings. The first-order valence-electron chi connectivity index (χ1n) is 8.25. The Morgan fingerprint density at radius 2 is 1.96 bits per heavy atom. The smallest absolute Gasteiger partial charge is 0.410 e. The maximum Gasteiger partial charge on any atom is 0.410 e. The normalized spacial score (nSPS) is 19.5. The molecule has 2 saturated heterocycles. The Kier molecular flexibility index (Phi) is 4.89. The molecule has 7 heteroatoms. The first kappa shape index (κ1) is 16.6. The van der Waals surface area contributed by atoms with E-state index in [9.17, 15) is 9.59 Å². The molecule has 24 heavy (non-hydrogen) atoms. The Morgan fingerprint density at radius 3 is 2.62 bits per heavy atom. The summed E-state index contributed by atoms with van der Waals surface area (Å²) in [6.45, 7) is 2.65. The molecule has 130 valence electrons. The molecule has 1 spiro atoms. The van der Waals surface area contributed by atoms with Crippen molar-refractivity contribution in [2.24, 2.45) is 5.73 Å². The van der Waals surface area contributed by atoms with Crippen LogP contribution < -0.4 is 10.5 Å². The fraction of sp³-hybridized carbons (Fsp3) is 0.529. The lowest BCUT2D eigenvalue weighted by atomic mass is 9.91. The van der Waals surface area contributed by atoms with Gasteiger partial charge in [0.2, 0.25) is 5.91 Å². The monoisotopic (exact) mass is 333 g/mol. The highest BCUT2D eigenvalue weighted by Gasteiger charge is 2.47. The Labute approximate surface area is 141 Å². The van der Waals surface area contributed by atoms with Gasteiger partial charge >= 0.3 is 6.09 Å². The average Bonchev–Trinajstić information content (AvgIpc) is 2.91. The van der Waals surface area contributed by atoms with E-state index in [0.29, 0.717) is 45.6 Å². The lowest BCUT2D eigenvalue weighted by Gasteiger charge is -2.37. The van der Waals surface area contributed by atoms with Crippen LogP contribution in [-0.4, -0.2) is 66.7 Å². The average molecular weight is 333 g/mol. The van der Waals surface area contributed by atoms with Gasteiger partial charge in [-0.05, 0) is 12.1 Å². The van der Waals surface area contributed by atoms with E-state index in [0.717, 1.165) is 5.75 Å². The third-order valence-corrected chi connectivity index (χ3v) is 4.62.